The lowest BCUT2D eigenvalue weighted by molar-refractivity contribution is -0.422. The Morgan fingerprint density at radius 1 is 0.944 bits per heavy atom. The van der Waals surface area contributed by atoms with Crippen molar-refractivity contribution in [3.8, 4) is 0 Å². The van der Waals surface area contributed by atoms with Crippen LogP contribution < -0.4 is 0 Å². The first-order valence-corrected chi connectivity index (χ1v) is 15.6. The average molecular weight is 520 g/mol. The standard InChI is InChI=1S/C28H45NO6Si/c1-27(2,3)36(28(4,5)6)34-23-16-22(20-15-11-10-14-19(20)18-12-8-7-9-13-18)32-29-24(23)26(35-36)25(33-29)21(31)17-30/h7-9,12-13,19-26,30-31H,10-11,14-17H2,1-6H3/t19-,20+,21-,22-,23+,24-,25-,26-/m1/s1. The van der Waals surface area contributed by atoms with Gasteiger partial charge in [0.05, 0.1) is 18.8 Å². The molecule has 7 nitrogen and oxygen atoms in total. The van der Waals surface area contributed by atoms with E-state index >= 15 is 0 Å². The van der Waals surface area contributed by atoms with Gasteiger partial charge in [-0.15, -0.1) is 0 Å². The maximum atomic E-state index is 10.7. The number of aliphatic hydroxyl groups is 2. The van der Waals surface area contributed by atoms with Gasteiger partial charge in [0.2, 0.25) is 0 Å². The predicted octanol–water partition coefficient (Wildman–Crippen LogP) is 4.83. The van der Waals surface area contributed by atoms with Crippen molar-refractivity contribution in [3.05, 3.63) is 35.9 Å². The third kappa shape index (κ3) is 4.41. The van der Waals surface area contributed by atoms with E-state index in [1.54, 1.807) is 5.23 Å². The van der Waals surface area contributed by atoms with E-state index in [0.717, 1.165) is 19.3 Å². The number of hydrogen-bond acceptors (Lipinski definition) is 7. The van der Waals surface area contributed by atoms with Gasteiger partial charge in [-0.2, -0.15) is 0 Å². The summed E-state index contributed by atoms with van der Waals surface area (Å²) in [5.41, 5.74) is 1.38. The Labute approximate surface area is 217 Å². The van der Waals surface area contributed by atoms with Crippen LogP contribution in [-0.2, 0) is 18.5 Å². The Balaban J connectivity index is 1.51. The zero-order valence-electron chi connectivity index (χ0n) is 22.7. The third-order valence-electron chi connectivity index (χ3n) is 8.90. The molecule has 0 unspecified atom stereocenters. The highest BCUT2D eigenvalue weighted by molar-refractivity contribution is 6.73. The Morgan fingerprint density at radius 2 is 1.61 bits per heavy atom. The van der Waals surface area contributed by atoms with Crippen molar-refractivity contribution in [2.24, 2.45) is 5.92 Å². The molecule has 36 heavy (non-hydrogen) atoms. The van der Waals surface area contributed by atoms with E-state index in [1.807, 2.05) is 0 Å². The summed E-state index contributed by atoms with van der Waals surface area (Å²) in [6, 6.07) is 10.5. The van der Waals surface area contributed by atoms with E-state index in [9.17, 15) is 10.2 Å². The molecular weight excluding hydrogens is 474 g/mol. The second-order valence-electron chi connectivity index (χ2n) is 13.3. The minimum Gasteiger partial charge on any atom is -0.394 e. The van der Waals surface area contributed by atoms with Crippen molar-refractivity contribution >= 4 is 8.56 Å². The van der Waals surface area contributed by atoms with Crippen LogP contribution in [-0.4, -0.2) is 67.2 Å². The third-order valence-corrected chi connectivity index (χ3v) is 14.1. The highest BCUT2D eigenvalue weighted by Gasteiger charge is 2.69. The first-order valence-electron chi connectivity index (χ1n) is 13.8. The highest BCUT2D eigenvalue weighted by atomic mass is 28.4. The van der Waals surface area contributed by atoms with E-state index < -0.39 is 33.5 Å². The fourth-order valence-electron chi connectivity index (χ4n) is 7.44. The van der Waals surface area contributed by atoms with Crippen LogP contribution in [0.5, 0.6) is 0 Å². The van der Waals surface area contributed by atoms with Crippen LogP contribution in [0, 0.1) is 5.92 Å². The summed E-state index contributed by atoms with van der Waals surface area (Å²) in [4.78, 5) is 12.8. The van der Waals surface area contributed by atoms with Crippen LogP contribution in [0.3, 0.4) is 0 Å². The van der Waals surface area contributed by atoms with E-state index in [2.05, 4.69) is 71.9 Å². The number of benzene rings is 1. The molecule has 8 heteroatoms. The highest BCUT2D eigenvalue weighted by Crippen LogP contribution is 2.58. The maximum Gasteiger partial charge on any atom is 0.350 e. The Hall–Kier alpha value is -0.843. The Kier molecular flexibility index (Phi) is 7.22. The van der Waals surface area contributed by atoms with Gasteiger partial charge in [-0.1, -0.05) is 89.9 Å². The van der Waals surface area contributed by atoms with E-state index in [0.29, 0.717) is 11.8 Å². The number of nitrogens with zero attached hydrogens (tertiary/aromatic N) is 1. The second kappa shape index (κ2) is 9.72. The van der Waals surface area contributed by atoms with Crippen molar-refractivity contribution in [2.45, 2.75) is 126 Å². The fraction of sp³-hybridized carbons (Fsp3) is 0.786. The molecule has 5 rings (SSSR count). The molecule has 1 saturated carbocycles. The normalized spacial score (nSPS) is 37.9. The van der Waals surface area contributed by atoms with Crippen LogP contribution in [0.15, 0.2) is 30.3 Å². The molecule has 1 aromatic carbocycles. The second-order valence-corrected chi connectivity index (χ2v) is 18.0. The fourth-order valence-corrected chi connectivity index (χ4v) is 12.5. The van der Waals surface area contributed by atoms with E-state index in [1.165, 1.54) is 18.4 Å². The molecule has 3 heterocycles. The lowest BCUT2D eigenvalue weighted by Crippen LogP contribution is -2.71. The summed E-state index contributed by atoms with van der Waals surface area (Å²) in [6.07, 6.45) is 3.13. The number of hydroxylamine groups is 2. The lowest BCUT2D eigenvalue weighted by Gasteiger charge is -2.58. The molecule has 1 aliphatic carbocycles. The summed E-state index contributed by atoms with van der Waals surface area (Å²) in [6.45, 7) is 12.9. The zero-order valence-corrected chi connectivity index (χ0v) is 23.7. The van der Waals surface area contributed by atoms with Crippen LogP contribution in [0.25, 0.3) is 0 Å². The molecule has 8 atom stereocenters. The number of hydrogen-bond donors (Lipinski definition) is 2. The zero-order chi connectivity index (χ0) is 25.9. The van der Waals surface area contributed by atoms with Gasteiger partial charge in [0, 0.05) is 16.5 Å². The quantitative estimate of drug-likeness (QED) is 0.552. The summed E-state index contributed by atoms with van der Waals surface area (Å²) in [5, 5.41) is 21.7. The molecule has 0 amide bonds. The van der Waals surface area contributed by atoms with Crippen molar-refractivity contribution in [1.29, 1.82) is 0 Å². The predicted molar refractivity (Wildman–Crippen MR) is 139 cm³/mol. The summed E-state index contributed by atoms with van der Waals surface area (Å²) in [5.74, 6) is 0.795. The molecule has 0 spiro atoms. The molecule has 0 radical (unpaired) electrons. The summed E-state index contributed by atoms with van der Waals surface area (Å²) in [7, 11) is -2.87. The van der Waals surface area contributed by atoms with Gasteiger partial charge < -0.3 is 19.1 Å². The van der Waals surface area contributed by atoms with Gasteiger partial charge in [0.25, 0.3) is 0 Å². The summed E-state index contributed by atoms with van der Waals surface area (Å²) >= 11 is 0. The molecule has 2 N–H and O–H groups in total. The van der Waals surface area contributed by atoms with Crippen LogP contribution in [0.4, 0.5) is 0 Å². The van der Waals surface area contributed by atoms with E-state index in [4.69, 9.17) is 18.5 Å². The monoisotopic (exact) mass is 519 g/mol. The largest absolute Gasteiger partial charge is 0.394 e. The number of aliphatic hydroxyl groups excluding tert-OH is 2. The topological polar surface area (TPSA) is 80.6 Å². The summed E-state index contributed by atoms with van der Waals surface area (Å²) < 4.78 is 14.2. The first-order chi connectivity index (χ1) is 17.0. The molecule has 202 valence electrons. The van der Waals surface area contributed by atoms with Gasteiger partial charge >= 0.3 is 8.56 Å². The van der Waals surface area contributed by atoms with Gasteiger partial charge in [0.1, 0.15) is 24.4 Å². The molecule has 0 aromatic heterocycles. The van der Waals surface area contributed by atoms with Crippen LogP contribution in [0.2, 0.25) is 10.1 Å². The lowest BCUT2D eigenvalue weighted by atomic mass is 9.71. The number of rotatable bonds is 4. The van der Waals surface area contributed by atoms with E-state index in [-0.39, 0.29) is 28.3 Å². The van der Waals surface area contributed by atoms with Crippen molar-refractivity contribution in [1.82, 2.24) is 5.23 Å². The van der Waals surface area contributed by atoms with Crippen molar-refractivity contribution in [2.75, 3.05) is 6.61 Å². The molecule has 3 aliphatic heterocycles. The van der Waals surface area contributed by atoms with Crippen LogP contribution >= 0.6 is 0 Å². The smallest absolute Gasteiger partial charge is 0.350 e. The minimum atomic E-state index is -2.87. The van der Waals surface area contributed by atoms with Gasteiger partial charge in [-0.3, -0.25) is 9.68 Å². The molecule has 4 aliphatic rings. The Bertz CT molecular complexity index is 888. The SMILES string of the molecule is CC(C)(C)[Si]1(C(C)(C)C)O[C@H]2[C@@H]([C@H](O)CO)ON3O[C@@H]([C@H]4CCCC[C@@H]4c4ccccc4)C[C@H](O1)[C@H]23. The molecule has 0 bridgehead atoms. The molecule has 1 aromatic rings. The first kappa shape index (κ1) is 26.8. The molecule has 4 fully saturated rings. The van der Waals surface area contributed by atoms with Crippen molar-refractivity contribution in [3.63, 3.8) is 0 Å². The molecular formula is C28H45NO6Si. The van der Waals surface area contributed by atoms with Gasteiger partial charge in [-0.05, 0) is 30.2 Å². The molecule has 3 saturated heterocycles. The Morgan fingerprint density at radius 3 is 2.25 bits per heavy atom. The average Bonchev–Trinajstić information content (AvgIpc) is 3.22. The van der Waals surface area contributed by atoms with Crippen molar-refractivity contribution < 1.29 is 28.7 Å². The van der Waals surface area contributed by atoms with Gasteiger partial charge in [0.15, 0.2) is 0 Å². The van der Waals surface area contributed by atoms with Crippen LogP contribution in [0.1, 0.15) is 85.1 Å². The maximum absolute atomic E-state index is 10.7. The minimum absolute atomic E-state index is 0.0489. The van der Waals surface area contributed by atoms with Gasteiger partial charge in [-0.25, -0.2) is 0 Å².